The van der Waals surface area contributed by atoms with Crippen LogP contribution in [-0.4, -0.2) is 35.6 Å². The van der Waals surface area contributed by atoms with Crippen molar-refractivity contribution >= 4 is 0 Å². The van der Waals surface area contributed by atoms with E-state index in [-0.39, 0.29) is 24.0 Å². The number of quaternary nitrogens is 1. The van der Waals surface area contributed by atoms with Gasteiger partial charge in [-0.1, -0.05) is 0 Å². The highest BCUT2D eigenvalue weighted by Gasteiger charge is 2.11. The number of hydrogen-bond donors (Lipinski definition) is 1. The Morgan fingerprint density at radius 2 is 2.00 bits per heavy atom. The quantitative estimate of drug-likeness (QED) is 0.490. The summed E-state index contributed by atoms with van der Waals surface area (Å²) >= 11 is 0. The van der Waals surface area contributed by atoms with Gasteiger partial charge < -0.3 is 33.4 Å². The minimum absolute atomic E-state index is 0. The van der Waals surface area contributed by atoms with E-state index in [0.717, 1.165) is 16.7 Å². The van der Waals surface area contributed by atoms with Gasteiger partial charge in [0.2, 0.25) is 0 Å². The molecule has 1 aromatic rings. The third-order valence-electron chi connectivity index (χ3n) is 1.56. The first-order chi connectivity index (χ1) is 4.99. The minimum Gasteiger partial charge on any atom is -1.00 e. The van der Waals surface area contributed by atoms with Crippen LogP contribution in [-0.2, 0) is 6.54 Å². The van der Waals surface area contributed by atoms with E-state index >= 15 is 0 Å². The zero-order chi connectivity index (χ0) is 8.48. The van der Waals surface area contributed by atoms with Gasteiger partial charge in [-0.2, -0.15) is 0 Å². The third kappa shape index (κ3) is 3.53. The summed E-state index contributed by atoms with van der Waals surface area (Å²) in [6.45, 7) is 3.04. The lowest BCUT2D eigenvalue weighted by Crippen LogP contribution is -3.00. The fraction of sp³-hybridized carbons (Fsp3) is 0.625. The molecule has 0 aliphatic rings. The predicted molar refractivity (Wildman–Crippen MR) is 45.1 cm³/mol. The number of aromatic amines is 1. The topological polar surface area (TPSA) is 28.7 Å². The first kappa shape index (κ1) is 11.9. The van der Waals surface area contributed by atoms with Crippen LogP contribution in [0.3, 0.4) is 0 Å². The van der Waals surface area contributed by atoms with E-state index < -0.39 is 0 Å². The van der Waals surface area contributed by atoms with E-state index in [1.807, 2.05) is 0 Å². The highest BCUT2D eigenvalue weighted by Crippen LogP contribution is 2.06. The van der Waals surface area contributed by atoms with Crippen LogP contribution in [0.4, 0.5) is 0 Å². The minimum atomic E-state index is 0. The van der Waals surface area contributed by atoms with Gasteiger partial charge in [0.05, 0.1) is 27.5 Å². The van der Waals surface area contributed by atoms with Gasteiger partial charge in [-0.3, -0.25) is 0 Å². The Labute approximate surface area is 90.8 Å². The van der Waals surface area contributed by atoms with Crippen LogP contribution >= 0.6 is 0 Å². The Hall–Kier alpha value is -0.100. The summed E-state index contributed by atoms with van der Waals surface area (Å²) < 4.78 is 0.922. The summed E-state index contributed by atoms with van der Waals surface area (Å²) in [7, 11) is 6.48. The summed E-state index contributed by atoms with van der Waals surface area (Å²) in [5.74, 6) is 0. The highest BCUT2D eigenvalue weighted by molar-refractivity contribution is 5.06. The van der Waals surface area contributed by atoms with Gasteiger partial charge in [-0.15, -0.1) is 0 Å². The first-order valence-corrected chi connectivity index (χ1v) is 3.78. The van der Waals surface area contributed by atoms with Gasteiger partial charge in [0.1, 0.15) is 12.2 Å². The van der Waals surface area contributed by atoms with Crippen LogP contribution in [0, 0.1) is 6.92 Å². The maximum atomic E-state index is 4.23. The van der Waals surface area contributed by atoms with Gasteiger partial charge in [-0.25, -0.2) is 4.98 Å². The SMILES string of the molecule is Cc1[nH]cnc1C[N+](C)(C)C.[I-]. The number of nitrogens with one attached hydrogen (secondary N) is 1. The maximum Gasteiger partial charge on any atom is 0.123 e. The molecule has 0 atom stereocenters. The molecule has 1 rings (SSSR count). The van der Waals surface area contributed by atoms with E-state index in [1.54, 1.807) is 6.33 Å². The largest absolute Gasteiger partial charge is 1.00 e. The van der Waals surface area contributed by atoms with Gasteiger partial charge in [0, 0.05) is 5.69 Å². The molecule has 0 radical (unpaired) electrons. The summed E-state index contributed by atoms with van der Waals surface area (Å²) in [5, 5.41) is 0. The number of rotatable bonds is 2. The second-order valence-electron chi connectivity index (χ2n) is 3.92. The van der Waals surface area contributed by atoms with Gasteiger partial charge in [0.25, 0.3) is 0 Å². The van der Waals surface area contributed by atoms with Crippen LogP contribution in [0.5, 0.6) is 0 Å². The molecule has 0 fully saturated rings. The van der Waals surface area contributed by atoms with Crippen molar-refractivity contribution in [3.05, 3.63) is 17.7 Å². The normalized spacial score (nSPS) is 11.0. The van der Waals surface area contributed by atoms with Crippen molar-refractivity contribution in [3.8, 4) is 0 Å². The van der Waals surface area contributed by atoms with Crippen molar-refractivity contribution in [2.45, 2.75) is 13.5 Å². The fourth-order valence-corrected chi connectivity index (χ4v) is 0.996. The van der Waals surface area contributed by atoms with Crippen molar-refractivity contribution in [1.29, 1.82) is 0 Å². The molecule has 0 saturated heterocycles. The van der Waals surface area contributed by atoms with Crippen LogP contribution < -0.4 is 24.0 Å². The molecule has 12 heavy (non-hydrogen) atoms. The lowest BCUT2D eigenvalue weighted by atomic mass is 10.3. The number of hydrogen-bond acceptors (Lipinski definition) is 1. The van der Waals surface area contributed by atoms with E-state index in [1.165, 1.54) is 5.69 Å². The molecule has 0 saturated carbocycles. The molecule has 0 aromatic carbocycles. The van der Waals surface area contributed by atoms with E-state index in [4.69, 9.17) is 0 Å². The number of nitrogens with zero attached hydrogens (tertiary/aromatic N) is 2. The number of aromatic nitrogens is 2. The number of aryl methyl sites for hydroxylation is 1. The predicted octanol–water partition coefficient (Wildman–Crippen LogP) is -2.07. The summed E-state index contributed by atoms with van der Waals surface area (Å²) in [4.78, 5) is 7.30. The summed E-state index contributed by atoms with van der Waals surface area (Å²) in [6, 6.07) is 0. The number of H-pyrrole nitrogens is 1. The van der Waals surface area contributed by atoms with Crippen LogP contribution in [0.2, 0.25) is 0 Å². The summed E-state index contributed by atoms with van der Waals surface area (Å²) in [5.41, 5.74) is 2.34. The van der Waals surface area contributed by atoms with Gasteiger partial charge in [-0.05, 0) is 6.92 Å². The van der Waals surface area contributed by atoms with Crippen LogP contribution in [0.15, 0.2) is 6.33 Å². The fourth-order valence-electron chi connectivity index (χ4n) is 0.996. The van der Waals surface area contributed by atoms with E-state index in [0.29, 0.717) is 0 Å². The molecule has 1 aromatic heterocycles. The lowest BCUT2D eigenvalue weighted by molar-refractivity contribution is -0.884. The van der Waals surface area contributed by atoms with Crippen molar-refractivity contribution in [1.82, 2.24) is 9.97 Å². The highest BCUT2D eigenvalue weighted by atomic mass is 127. The molecule has 70 valence electrons. The average molecular weight is 281 g/mol. The smallest absolute Gasteiger partial charge is 0.123 e. The van der Waals surface area contributed by atoms with Crippen molar-refractivity contribution < 1.29 is 28.5 Å². The number of halogens is 1. The Morgan fingerprint density at radius 1 is 1.42 bits per heavy atom. The molecule has 0 aliphatic heterocycles. The number of imidazole rings is 1. The molecular weight excluding hydrogens is 265 g/mol. The summed E-state index contributed by atoms with van der Waals surface area (Å²) in [6.07, 6.45) is 1.75. The monoisotopic (exact) mass is 281 g/mol. The molecular formula is C8H16IN3. The molecule has 4 heteroatoms. The molecule has 1 N–H and O–H groups in total. The third-order valence-corrected chi connectivity index (χ3v) is 1.56. The molecule has 0 bridgehead atoms. The molecule has 0 spiro atoms. The van der Waals surface area contributed by atoms with Gasteiger partial charge in [0.15, 0.2) is 0 Å². The van der Waals surface area contributed by atoms with Crippen molar-refractivity contribution in [2.75, 3.05) is 21.1 Å². The second-order valence-corrected chi connectivity index (χ2v) is 3.92. The van der Waals surface area contributed by atoms with Crippen LogP contribution in [0.25, 0.3) is 0 Å². The van der Waals surface area contributed by atoms with Crippen LogP contribution in [0.1, 0.15) is 11.4 Å². The molecule has 0 aliphatic carbocycles. The molecule has 1 heterocycles. The maximum absolute atomic E-state index is 4.23. The molecule has 3 nitrogen and oxygen atoms in total. The Bertz CT molecular complexity index is 237. The Balaban J connectivity index is 0.00000121. The zero-order valence-electron chi connectivity index (χ0n) is 8.06. The lowest BCUT2D eigenvalue weighted by Gasteiger charge is -2.22. The molecule has 0 amide bonds. The zero-order valence-corrected chi connectivity index (χ0v) is 10.2. The standard InChI is InChI=1S/C8H16N3.HI/c1-7-8(10-6-9-7)5-11(2,3)4;/h6H,5H2,1-4H3,(H,9,10);1H/q+1;/p-1. The van der Waals surface area contributed by atoms with Gasteiger partial charge >= 0.3 is 0 Å². The second kappa shape index (κ2) is 4.23. The van der Waals surface area contributed by atoms with E-state index in [9.17, 15) is 0 Å². The first-order valence-electron chi connectivity index (χ1n) is 3.78. The average Bonchev–Trinajstić information content (AvgIpc) is 2.12. The van der Waals surface area contributed by atoms with Crippen molar-refractivity contribution in [3.63, 3.8) is 0 Å². The van der Waals surface area contributed by atoms with E-state index in [2.05, 4.69) is 38.0 Å². The molecule has 0 unspecified atom stereocenters. The van der Waals surface area contributed by atoms with Crippen molar-refractivity contribution in [2.24, 2.45) is 0 Å². The Morgan fingerprint density at radius 3 is 2.33 bits per heavy atom. The Kier molecular flexibility index (Phi) is 4.19.